The van der Waals surface area contributed by atoms with Crippen LogP contribution in [0, 0.1) is 0 Å². The van der Waals surface area contributed by atoms with Crippen molar-refractivity contribution in [3.05, 3.63) is 0 Å². The first-order valence-electron chi connectivity index (χ1n) is 2.56. The van der Waals surface area contributed by atoms with Gasteiger partial charge >= 0.3 is 0 Å². The Morgan fingerprint density at radius 1 is 1.29 bits per heavy atom. The van der Waals surface area contributed by atoms with Gasteiger partial charge in [0.2, 0.25) is 0 Å². The Labute approximate surface area is 45.5 Å². The van der Waals surface area contributed by atoms with E-state index in [-0.39, 0.29) is 5.54 Å². The summed E-state index contributed by atoms with van der Waals surface area (Å²) >= 11 is 0. The fourth-order valence-corrected chi connectivity index (χ4v) is 0.387. The van der Waals surface area contributed by atoms with E-state index < -0.39 is 0 Å². The van der Waals surface area contributed by atoms with E-state index >= 15 is 0 Å². The van der Waals surface area contributed by atoms with Crippen LogP contribution in [0.5, 0.6) is 0 Å². The molecule has 0 heterocycles. The first-order valence-corrected chi connectivity index (χ1v) is 2.56. The highest BCUT2D eigenvalue weighted by molar-refractivity contribution is 5.53. The first kappa shape index (κ1) is 6.67. The van der Waals surface area contributed by atoms with Crippen molar-refractivity contribution in [2.75, 3.05) is 0 Å². The summed E-state index contributed by atoms with van der Waals surface area (Å²) in [5.74, 6) is 0. The predicted octanol–water partition coefficient (Wildman–Crippen LogP) is 1.88. The van der Waals surface area contributed by atoms with Crippen molar-refractivity contribution in [2.45, 2.75) is 33.2 Å². The van der Waals surface area contributed by atoms with Gasteiger partial charge in [0.15, 0.2) is 0 Å². The van der Waals surface area contributed by atoms with Gasteiger partial charge < -0.3 is 0 Å². The van der Waals surface area contributed by atoms with Crippen LogP contribution in [-0.4, -0.2) is 11.8 Å². The van der Waals surface area contributed by atoms with E-state index in [1.54, 1.807) is 0 Å². The second-order valence-electron chi connectivity index (χ2n) is 2.56. The number of nitrogens with zero attached hydrogens (tertiary/aromatic N) is 1. The Bertz CT molecular complexity index is 66.7. The zero-order valence-electron chi connectivity index (χ0n) is 5.52. The zero-order chi connectivity index (χ0) is 5.91. The quantitative estimate of drug-likeness (QED) is 0.411. The third kappa shape index (κ3) is 5.67. The summed E-state index contributed by atoms with van der Waals surface area (Å²) in [6.07, 6.45) is 1.83. The fraction of sp³-hybridized carbons (Fsp3) is 0.833. The van der Waals surface area contributed by atoms with Crippen molar-refractivity contribution >= 4 is 6.21 Å². The Kier molecular flexibility index (Phi) is 2.00. The van der Waals surface area contributed by atoms with Gasteiger partial charge in [-0.05, 0) is 33.9 Å². The minimum absolute atomic E-state index is 0.120. The Balaban J connectivity index is 3.56. The van der Waals surface area contributed by atoms with Crippen LogP contribution in [0.15, 0.2) is 4.99 Å². The average Bonchev–Trinajstić information content (AvgIpc) is 1.30. The zero-order valence-corrected chi connectivity index (χ0v) is 5.52. The smallest absolute Gasteiger partial charge is 0.0520 e. The molecule has 0 spiro atoms. The monoisotopic (exact) mass is 99.1 g/mol. The molecular weight excluding hydrogens is 86.1 g/mol. The third-order valence-corrected chi connectivity index (χ3v) is 0.516. The van der Waals surface area contributed by atoms with Gasteiger partial charge in [-0.15, -0.1) is 0 Å². The van der Waals surface area contributed by atoms with Crippen molar-refractivity contribution in [2.24, 2.45) is 4.99 Å². The van der Waals surface area contributed by atoms with Gasteiger partial charge in [-0.25, -0.2) is 0 Å². The molecule has 0 aliphatic rings. The maximum atomic E-state index is 4.13. The molecular formula is C6H13N. The third-order valence-electron chi connectivity index (χ3n) is 0.516. The van der Waals surface area contributed by atoms with Gasteiger partial charge in [0.05, 0.1) is 5.54 Å². The largest absolute Gasteiger partial charge is 0.292 e. The van der Waals surface area contributed by atoms with Crippen LogP contribution in [0.25, 0.3) is 0 Å². The van der Waals surface area contributed by atoms with Crippen molar-refractivity contribution < 1.29 is 0 Å². The lowest BCUT2D eigenvalue weighted by atomic mass is 10.1. The number of aliphatic imine (C=N–C) groups is 1. The molecule has 0 aliphatic heterocycles. The molecule has 0 amide bonds. The standard InChI is InChI=1S/C6H13N/c1-5-7-6(2,3)4/h5H,1-4H3/b7-5-. The van der Waals surface area contributed by atoms with Crippen LogP contribution in [0.1, 0.15) is 27.7 Å². The summed E-state index contributed by atoms with van der Waals surface area (Å²) in [6, 6.07) is 0. The molecule has 0 bridgehead atoms. The highest BCUT2D eigenvalue weighted by Gasteiger charge is 2.02. The van der Waals surface area contributed by atoms with Gasteiger partial charge in [0, 0.05) is 0 Å². The predicted molar refractivity (Wildman–Crippen MR) is 33.9 cm³/mol. The highest BCUT2D eigenvalue weighted by Crippen LogP contribution is 2.03. The fourth-order valence-electron chi connectivity index (χ4n) is 0.387. The molecule has 1 heteroatoms. The van der Waals surface area contributed by atoms with Crippen LogP contribution in [0.2, 0.25) is 0 Å². The van der Waals surface area contributed by atoms with Crippen LogP contribution in [-0.2, 0) is 0 Å². The molecule has 0 aromatic heterocycles. The van der Waals surface area contributed by atoms with Gasteiger partial charge in [0.1, 0.15) is 0 Å². The van der Waals surface area contributed by atoms with E-state index in [1.165, 1.54) is 0 Å². The van der Waals surface area contributed by atoms with E-state index in [9.17, 15) is 0 Å². The molecule has 0 saturated carbocycles. The van der Waals surface area contributed by atoms with E-state index in [0.717, 1.165) is 0 Å². The van der Waals surface area contributed by atoms with Gasteiger partial charge in [-0.2, -0.15) is 0 Å². The Morgan fingerprint density at radius 2 is 1.71 bits per heavy atom. The van der Waals surface area contributed by atoms with Gasteiger partial charge in [-0.3, -0.25) is 4.99 Å². The number of hydrogen-bond acceptors (Lipinski definition) is 1. The molecule has 0 rings (SSSR count). The molecule has 0 fully saturated rings. The van der Waals surface area contributed by atoms with E-state index in [1.807, 2.05) is 13.1 Å². The number of rotatable bonds is 0. The maximum absolute atomic E-state index is 4.13. The Hall–Kier alpha value is -0.330. The lowest BCUT2D eigenvalue weighted by Gasteiger charge is -2.09. The highest BCUT2D eigenvalue weighted by atomic mass is 14.8. The summed E-state index contributed by atoms with van der Waals surface area (Å²) in [5, 5.41) is 0. The molecule has 0 N–H and O–H groups in total. The van der Waals surface area contributed by atoms with Crippen molar-refractivity contribution in [3.63, 3.8) is 0 Å². The lowest BCUT2D eigenvalue weighted by molar-refractivity contribution is 0.586. The molecule has 0 aromatic carbocycles. The van der Waals surface area contributed by atoms with Crippen LogP contribution in [0.4, 0.5) is 0 Å². The normalized spacial score (nSPS) is 13.1. The molecule has 7 heavy (non-hydrogen) atoms. The molecule has 1 nitrogen and oxygen atoms in total. The average molecular weight is 99.2 g/mol. The minimum Gasteiger partial charge on any atom is -0.292 e. The van der Waals surface area contributed by atoms with E-state index in [2.05, 4.69) is 25.8 Å². The maximum Gasteiger partial charge on any atom is 0.0520 e. The molecule has 0 unspecified atom stereocenters. The topological polar surface area (TPSA) is 12.4 Å². The van der Waals surface area contributed by atoms with Gasteiger partial charge in [0.25, 0.3) is 0 Å². The first-order chi connectivity index (χ1) is 3.06. The summed E-state index contributed by atoms with van der Waals surface area (Å²) in [6.45, 7) is 8.16. The molecule has 0 aliphatic carbocycles. The second kappa shape index (κ2) is 2.10. The summed E-state index contributed by atoms with van der Waals surface area (Å²) in [5.41, 5.74) is 0.120. The van der Waals surface area contributed by atoms with Crippen molar-refractivity contribution in [3.8, 4) is 0 Å². The van der Waals surface area contributed by atoms with Crippen molar-refractivity contribution in [1.82, 2.24) is 0 Å². The Morgan fingerprint density at radius 3 is 1.71 bits per heavy atom. The minimum atomic E-state index is 0.120. The van der Waals surface area contributed by atoms with Crippen molar-refractivity contribution in [1.29, 1.82) is 0 Å². The molecule has 0 atom stereocenters. The van der Waals surface area contributed by atoms with Crippen LogP contribution in [0.3, 0.4) is 0 Å². The van der Waals surface area contributed by atoms with Crippen LogP contribution >= 0.6 is 0 Å². The van der Waals surface area contributed by atoms with E-state index in [4.69, 9.17) is 0 Å². The van der Waals surface area contributed by atoms with E-state index in [0.29, 0.717) is 0 Å². The lowest BCUT2D eigenvalue weighted by Crippen LogP contribution is -2.08. The second-order valence-corrected chi connectivity index (χ2v) is 2.56. The summed E-state index contributed by atoms with van der Waals surface area (Å²) < 4.78 is 0. The van der Waals surface area contributed by atoms with Crippen LogP contribution < -0.4 is 0 Å². The molecule has 0 radical (unpaired) electrons. The summed E-state index contributed by atoms with van der Waals surface area (Å²) in [4.78, 5) is 4.13. The molecule has 42 valence electrons. The SMILES string of the molecule is C/C=N\C(C)(C)C. The summed E-state index contributed by atoms with van der Waals surface area (Å²) in [7, 11) is 0. The number of hydrogen-bond donors (Lipinski definition) is 0. The molecule has 0 saturated heterocycles. The van der Waals surface area contributed by atoms with Gasteiger partial charge in [-0.1, -0.05) is 0 Å². The molecule has 0 aromatic rings.